The molecule has 0 fully saturated rings. The lowest BCUT2D eigenvalue weighted by Gasteiger charge is -2.14. The highest BCUT2D eigenvalue weighted by molar-refractivity contribution is 6.32. The monoisotopic (exact) mass is 377 g/mol. The van der Waals surface area contributed by atoms with Gasteiger partial charge in [0.1, 0.15) is 6.07 Å². The van der Waals surface area contributed by atoms with Gasteiger partial charge in [0, 0.05) is 16.4 Å². The van der Waals surface area contributed by atoms with Gasteiger partial charge >= 0.3 is 5.97 Å². The van der Waals surface area contributed by atoms with Crippen molar-refractivity contribution in [1.29, 1.82) is 5.26 Å². The van der Waals surface area contributed by atoms with Crippen LogP contribution in [0.1, 0.15) is 22.8 Å². The molecule has 0 aliphatic heterocycles. The van der Waals surface area contributed by atoms with Gasteiger partial charge in [-0.25, -0.2) is 4.79 Å². The van der Waals surface area contributed by atoms with E-state index in [1.165, 1.54) is 43.3 Å². The first-order valence-electron chi connectivity index (χ1n) is 7.08. The number of nitrogen functional groups attached to an aromatic ring is 1. The average molecular weight is 378 g/mol. The third-order valence-electron chi connectivity index (χ3n) is 3.24. The molecule has 0 aliphatic rings. The van der Waals surface area contributed by atoms with E-state index in [9.17, 15) is 9.59 Å². The third kappa shape index (κ3) is 4.63. The van der Waals surface area contributed by atoms with Crippen LogP contribution in [0.2, 0.25) is 10.0 Å². The maximum Gasteiger partial charge on any atom is 0.341 e. The number of ether oxygens (including phenoxy) is 1. The molecule has 3 N–H and O–H groups in total. The lowest BCUT2D eigenvalue weighted by atomic mass is 10.2. The smallest absolute Gasteiger partial charge is 0.341 e. The van der Waals surface area contributed by atoms with Crippen LogP contribution >= 0.6 is 23.2 Å². The van der Waals surface area contributed by atoms with E-state index < -0.39 is 18.0 Å². The highest BCUT2D eigenvalue weighted by Crippen LogP contribution is 2.21. The van der Waals surface area contributed by atoms with E-state index in [-0.39, 0.29) is 21.8 Å². The molecule has 2 aromatic rings. The quantitative estimate of drug-likeness (QED) is 0.624. The van der Waals surface area contributed by atoms with Crippen LogP contribution in [0.4, 0.5) is 11.4 Å². The second-order valence-corrected chi connectivity index (χ2v) is 5.92. The van der Waals surface area contributed by atoms with E-state index >= 15 is 0 Å². The maximum atomic E-state index is 12.1. The lowest BCUT2D eigenvalue weighted by Crippen LogP contribution is -2.30. The summed E-state index contributed by atoms with van der Waals surface area (Å²) in [6.07, 6.45) is -1.07. The number of anilines is 2. The minimum absolute atomic E-state index is 0.116. The van der Waals surface area contributed by atoms with Crippen LogP contribution in [-0.2, 0) is 9.53 Å². The summed E-state index contributed by atoms with van der Waals surface area (Å²) in [5, 5.41) is 12.0. The van der Waals surface area contributed by atoms with Crippen LogP contribution in [0, 0.1) is 11.3 Å². The molecular formula is C17H13Cl2N3O3. The summed E-state index contributed by atoms with van der Waals surface area (Å²) < 4.78 is 5.11. The molecule has 8 heteroatoms. The number of amides is 1. The summed E-state index contributed by atoms with van der Waals surface area (Å²) >= 11 is 11.7. The molecule has 2 rings (SSSR count). The first-order valence-corrected chi connectivity index (χ1v) is 7.84. The zero-order valence-corrected chi connectivity index (χ0v) is 14.6. The standard InChI is InChI=1S/C17H13Cl2N3O3/c1-9(25-17(24)13-5-3-11(18)6-15(13)21)16(23)22-12-4-2-10(8-20)14(19)7-12/h2-7,9H,21H2,1H3,(H,22,23). The molecule has 0 spiro atoms. The molecule has 0 saturated carbocycles. The van der Waals surface area contributed by atoms with Crippen LogP contribution in [0.5, 0.6) is 0 Å². The summed E-state index contributed by atoms with van der Waals surface area (Å²) in [6.45, 7) is 1.42. The number of hydrogen-bond donors (Lipinski definition) is 2. The number of halogens is 2. The Kier molecular flexibility index (Phi) is 5.86. The topological polar surface area (TPSA) is 105 Å². The lowest BCUT2D eigenvalue weighted by molar-refractivity contribution is -0.123. The van der Waals surface area contributed by atoms with E-state index in [1.54, 1.807) is 0 Å². The Labute approximate surface area is 154 Å². The van der Waals surface area contributed by atoms with Gasteiger partial charge in [0.15, 0.2) is 6.10 Å². The zero-order chi connectivity index (χ0) is 18.6. The highest BCUT2D eigenvalue weighted by atomic mass is 35.5. The molecule has 128 valence electrons. The number of nitrogens with two attached hydrogens (primary N) is 1. The van der Waals surface area contributed by atoms with Crippen molar-refractivity contribution >= 4 is 46.5 Å². The maximum absolute atomic E-state index is 12.1. The van der Waals surface area contributed by atoms with E-state index in [2.05, 4.69) is 5.32 Å². The second-order valence-electron chi connectivity index (χ2n) is 5.07. The van der Waals surface area contributed by atoms with Crippen molar-refractivity contribution < 1.29 is 14.3 Å². The van der Waals surface area contributed by atoms with Gasteiger partial charge in [0.25, 0.3) is 5.91 Å². The number of esters is 1. The average Bonchev–Trinajstić information content (AvgIpc) is 2.54. The number of carbonyl (C=O) groups is 2. The molecule has 0 saturated heterocycles. The first kappa shape index (κ1) is 18.6. The number of nitrogens with zero attached hydrogens (tertiary/aromatic N) is 1. The van der Waals surface area contributed by atoms with Crippen molar-refractivity contribution in [3.8, 4) is 6.07 Å². The summed E-state index contributed by atoms with van der Waals surface area (Å²) in [6, 6.07) is 10.7. The Balaban J connectivity index is 2.04. The number of rotatable bonds is 4. The molecule has 1 amide bonds. The molecule has 25 heavy (non-hydrogen) atoms. The minimum Gasteiger partial charge on any atom is -0.449 e. The van der Waals surface area contributed by atoms with Gasteiger partial charge in [0.2, 0.25) is 0 Å². The molecule has 0 radical (unpaired) electrons. The Morgan fingerprint density at radius 1 is 1.24 bits per heavy atom. The minimum atomic E-state index is -1.07. The van der Waals surface area contributed by atoms with Crippen LogP contribution < -0.4 is 11.1 Å². The fourth-order valence-electron chi connectivity index (χ4n) is 1.92. The SMILES string of the molecule is CC(OC(=O)c1ccc(Cl)cc1N)C(=O)Nc1ccc(C#N)c(Cl)c1. The van der Waals surface area contributed by atoms with E-state index in [0.717, 1.165) is 0 Å². The van der Waals surface area contributed by atoms with Gasteiger partial charge in [-0.1, -0.05) is 23.2 Å². The van der Waals surface area contributed by atoms with Crippen molar-refractivity contribution in [2.75, 3.05) is 11.1 Å². The largest absolute Gasteiger partial charge is 0.449 e. The van der Waals surface area contributed by atoms with Gasteiger partial charge < -0.3 is 15.8 Å². The second kappa shape index (κ2) is 7.88. The number of nitrogens with one attached hydrogen (secondary N) is 1. The van der Waals surface area contributed by atoms with Crippen molar-refractivity contribution in [2.45, 2.75) is 13.0 Å². The molecule has 6 nitrogen and oxygen atoms in total. The molecule has 1 unspecified atom stereocenters. The Morgan fingerprint density at radius 2 is 1.96 bits per heavy atom. The molecule has 1 atom stereocenters. The predicted molar refractivity (Wildman–Crippen MR) is 95.5 cm³/mol. The van der Waals surface area contributed by atoms with E-state index in [1.807, 2.05) is 6.07 Å². The fraction of sp³-hybridized carbons (Fsp3) is 0.118. The fourth-order valence-corrected chi connectivity index (χ4v) is 2.33. The van der Waals surface area contributed by atoms with Crippen LogP contribution in [-0.4, -0.2) is 18.0 Å². The zero-order valence-electron chi connectivity index (χ0n) is 13.0. The normalized spacial score (nSPS) is 11.3. The highest BCUT2D eigenvalue weighted by Gasteiger charge is 2.20. The predicted octanol–water partition coefficient (Wildman–Crippen LogP) is 3.63. The van der Waals surface area contributed by atoms with E-state index in [4.69, 9.17) is 38.9 Å². The summed E-state index contributed by atoms with van der Waals surface area (Å²) in [5.74, 6) is -1.30. The van der Waals surface area contributed by atoms with Crippen molar-refractivity contribution in [1.82, 2.24) is 0 Å². The van der Waals surface area contributed by atoms with E-state index in [0.29, 0.717) is 10.7 Å². The number of carbonyl (C=O) groups excluding carboxylic acids is 2. The van der Waals surface area contributed by atoms with Gasteiger partial charge in [-0.3, -0.25) is 4.79 Å². The molecule has 2 aromatic carbocycles. The molecule has 0 aromatic heterocycles. The number of hydrogen-bond acceptors (Lipinski definition) is 5. The summed E-state index contributed by atoms with van der Waals surface area (Å²) in [4.78, 5) is 24.2. The van der Waals surface area contributed by atoms with Gasteiger partial charge in [0.05, 0.1) is 16.1 Å². The Bertz CT molecular complexity index is 878. The Morgan fingerprint density at radius 3 is 2.56 bits per heavy atom. The van der Waals surface area contributed by atoms with Gasteiger partial charge in [-0.2, -0.15) is 5.26 Å². The number of nitriles is 1. The molecule has 0 bridgehead atoms. The molecule has 0 heterocycles. The third-order valence-corrected chi connectivity index (χ3v) is 3.79. The molecule has 0 aliphatic carbocycles. The Hall–Kier alpha value is -2.75. The first-order chi connectivity index (χ1) is 11.8. The number of benzene rings is 2. The molecular weight excluding hydrogens is 365 g/mol. The summed E-state index contributed by atoms with van der Waals surface area (Å²) in [7, 11) is 0. The van der Waals surface area contributed by atoms with Crippen LogP contribution in [0.3, 0.4) is 0 Å². The van der Waals surface area contributed by atoms with Crippen molar-refractivity contribution in [2.24, 2.45) is 0 Å². The summed E-state index contributed by atoms with van der Waals surface area (Å²) in [5.41, 5.74) is 6.65. The van der Waals surface area contributed by atoms with Crippen LogP contribution in [0.25, 0.3) is 0 Å². The van der Waals surface area contributed by atoms with Crippen molar-refractivity contribution in [3.05, 3.63) is 57.6 Å². The van der Waals surface area contributed by atoms with Gasteiger partial charge in [-0.15, -0.1) is 0 Å². The van der Waals surface area contributed by atoms with Crippen LogP contribution in [0.15, 0.2) is 36.4 Å². The van der Waals surface area contributed by atoms with Gasteiger partial charge in [-0.05, 0) is 43.3 Å². The van der Waals surface area contributed by atoms with Crippen molar-refractivity contribution in [3.63, 3.8) is 0 Å².